The highest BCUT2D eigenvalue weighted by Gasteiger charge is 2.19. The lowest BCUT2D eigenvalue weighted by atomic mass is 10.1. The Kier molecular flexibility index (Phi) is 7.38. The van der Waals surface area contributed by atoms with E-state index in [0.29, 0.717) is 6.54 Å². The van der Waals surface area contributed by atoms with Gasteiger partial charge in [-0.05, 0) is 44.0 Å². The highest BCUT2D eigenvalue weighted by atomic mass is 79.9. The lowest BCUT2D eigenvalue weighted by Gasteiger charge is -2.28. The Morgan fingerprint density at radius 1 is 1.08 bits per heavy atom. The molecule has 0 unspecified atom stereocenters. The van der Waals surface area contributed by atoms with Crippen molar-refractivity contribution in [3.8, 4) is 0 Å². The fraction of sp³-hybridized carbons (Fsp3) is 0.300. The number of hydrogen-bond donors (Lipinski definition) is 0. The van der Waals surface area contributed by atoms with Crippen LogP contribution in [0.5, 0.6) is 0 Å². The molecule has 5 heteroatoms. The molecule has 0 radical (unpaired) electrons. The van der Waals surface area contributed by atoms with Gasteiger partial charge in [0.1, 0.15) is 5.84 Å². The predicted octanol–water partition coefficient (Wildman–Crippen LogP) is 5.61. The molecule has 0 atom stereocenters. The maximum Gasteiger partial charge on any atom is 0.182 e. The molecule has 2 aromatic carbocycles. The van der Waals surface area contributed by atoms with Crippen molar-refractivity contribution >= 4 is 50.2 Å². The Hall–Kier alpha value is -1.46. The fourth-order valence-corrected chi connectivity index (χ4v) is 3.09. The van der Waals surface area contributed by atoms with Gasteiger partial charge in [-0.15, -0.1) is 17.0 Å². The van der Waals surface area contributed by atoms with Crippen LogP contribution in [0.25, 0.3) is 0 Å². The van der Waals surface area contributed by atoms with Crippen LogP contribution in [-0.4, -0.2) is 24.7 Å². The van der Waals surface area contributed by atoms with Crippen LogP contribution in [0.1, 0.15) is 35.2 Å². The molecule has 0 bridgehead atoms. The second-order valence-corrected chi connectivity index (χ2v) is 7.02. The zero-order chi connectivity index (χ0) is 16.9. The number of hydrogen-bond acceptors (Lipinski definition) is 3. The summed E-state index contributed by atoms with van der Waals surface area (Å²) in [5.41, 5.74) is 2.97. The third-order valence-electron chi connectivity index (χ3n) is 4.23. The zero-order valence-electron chi connectivity index (χ0n) is 14.2. The van der Waals surface area contributed by atoms with Gasteiger partial charge in [0, 0.05) is 28.7 Å². The maximum absolute atomic E-state index is 12.7. The van der Waals surface area contributed by atoms with Crippen LogP contribution in [0, 0.1) is 6.92 Å². The molecule has 0 spiro atoms. The second kappa shape index (κ2) is 9.30. The molecule has 1 aliphatic heterocycles. The second-order valence-electron chi connectivity index (χ2n) is 6.11. The van der Waals surface area contributed by atoms with Crippen molar-refractivity contribution in [2.24, 2.45) is 4.99 Å². The molecular formula is C20H22Br2N2O. The Morgan fingerprint density at radius 3 is 2.36 bits per heavy atom. The summed E-state index contributed by atoms with van der Waals surface area (Å²) in [4.78, 5) is 19.5. The number of ketones is 1. The Labute approximate surface area is 168 Å². The molecular weight excluding hydrogens is 444 g/mol. The number of rotatable bonds is 4. The van der Waals surface area contributed by atoms with Crippen molar-refractivity contribution < 1.29 is 4.79 Å². The quantitative estimate of drug-likeness (QED) is 0.550. The van der Waals surface area contributed by atoms with Crippen molar-refractivity contribution in [2.45, 2.75) is 26.2 Å². The first-order valence-corrected chi connectivity index (χ1v) is 9.09. The first kappa shape index (κ1) is 19.9. The van der Waals surface area contributed by atoms with E-state index < -0.39 is 0 Å². The van der Waals surface area contributed by atoms with E-state index in [4.69, 9.17) is 0 Å². The largest absolute Gasteiger partial charge is 0.322 e. The molecule has 2 aromatic rings. The Bertz CT molecular complexity index is 739. The smallest absolute Gasteiger partial charge is 0.182 e. The average Bonchev–Trinajstić information content (AvgIpc) is 2.62. The number of Topliss-reactive ketones (excluding diaryl/α,β-unsaturated/α-hetero) is 1. The molecule has 25 heavy (non-hydrogen) atoms. The standard InChI is InChI=1S/C20H21BrN2O.BrH/c1-15-5-11-18(12-6-15)23(20-4-2-3-13-22-20)14-19(24)16-7-9-17(21)10-8-16;/h5-12H,2-4,13-14H2,1H3;1H. The summed E-state index contributed by atoms with van der Waals surface area (Å²) in [5.74, 6) is 1.13. The number of carbonyl (C=O) groups excluding carboxylic acids is 1. The van der Waals surface area contributed by atoms with Gasteiger partial charge in [0.2, 0.25) is 0 Å². The Morgan fingerprint density at radius 2 is 1.76 bits per heavy atom. The van der Waals surface area contributed by atoms with Crippen LogP contribution in [0.3, 0.4) is 0 Å². The molecule has 0 aliphatic carbocycles. The van der Waals surface area contributed by atoms with Crippen LogP contribution in [0.2, 0.25) is 0 Å². The SMILES string of the molecule is Br.Cc1ccc(N(CC(=O)c2ccc(Br)cc2)C2=NCCCC2)cc1. The number of benzene rings is 2. The molecule has 1 aliphatic rings. The third-order valence-corrected chi connectivity index (χ3v) is 4.76. The van der Waals surface area contributed by atoms with Gasteiger partial charge in [-0.1, -0.05) is 45.8 Å². The van der Waals surface area contributed by atoms with Crippen LogP contribution in [0.15, 0.2) is 58.0 Å². The molecule has 0 aromatic heterocycles. The number of halogens is 2. The van der Waals surface area contributed by atoms with Crippen molar-refractivity contribution in [1.82, 2.24) is 0 Å². The topological polar surface area (TPSA) is 32.7 Å². The van der Waals surface area contributed by atoms with Gasteiger partial charge < -0.3 is 4.90 Å². The first-order chi connectivity index (χ1) is 11.6. The molecule has 3 rings (SSSR count). The predicted molar refractivity (Wildman–Crippen MR) is 113 cm³/mol. The summed E-state index contributed by atoms with van der Waals surface area (Å²) >= 11 is 3.41. The van der Waals surface area contributed by atoms with Crippen molar-refractivity contribution in [3.63, 3.8) is 0 Å². The van der Waals surface area contributed by atoms with Gasteiger partial charge >= 0.3 is 0 Å². The number of nitrogens with zero attached hydrogens (tertiary/aromatic N) is 2. The molecule has 1 heterocycles. The van der Waals surface area contributed by atoms with Gasteiger partial charge in [0.15, 0.2) is 5.78 Å². The van der Waals surface area contributed by atoms with E-state index in [2.05, 4.69) is 57.0 Å². The number of amidine groups is 1. The minimum Gasteiger partial charge on any atom is -0.322 e. The number of anilines is 1. The molecule has 0 amide bonds. The lowest BCUT2D eigenvalue weighted by molar-refractivity contribution is 0.100. The van der Waals surface area contributed by atoms with E-state index >= 15 is 0 Å². The maximum atomic E-state index is 12.7. The monoisotopic (exact) mass is 464 g/mol. The molecule has 0 saturated heterocycles. The van der Waals surface area contributed by atoms with Gasteiger partial charge in [-0.2, -0.15) is 0 Å². The molecule has 3 nitrogen and oxygen atoms in total. The van der Waals surface area contributed by atoms with E-state index in [1.807, 2.05) is 24.3 Å². The van der Waals surface area contributed by atoms with E-state index in [1.54, 1.807) is 0 Å². The van der Waals surface area contributed by atoms with Gasteiger partial charge in [0.25, 0.3) is 0 Å². The van der Waals surface area contributed by atoms with Crippen LogP contribution >= 0.6 is 32.9 Å². The van der Waals surface area contributed by atoms with E-state index in [1.165, 1.54) is 5.56 Å². The van der Waals surface area contributed by atoms with Crippen LogP contribution < -0.4 is 4.90 Å². The minimum absolute atomic E-state index is 0. The van der Waals surface area contributed by atoms with Crippen molar-refractivity contribution in [1.29, 1.82) is 0 Å². The van der Waals surface area contributed by atoms with Crippen LogP contribution in [0.4, 0.5) is 5.69 Å². The van der Waals surface area contributed by atoms with E-state index in [9.17, 15) is 4.79 Å². The van der Waals surface area contributed by atoms with Gasteiger partial charge in [-0.25, -0.2) is 0 Å². The lowest BCUT2D eigenvalue weighted by Crippen LogP contribution is -2.37. The summed E-state index contributed by atoms with van der Waals surface area (Å²) in [6.07, 6.45) is 3.20. The summed E-state index contributed by atoms with van der Waals surface area (Å²) in [7, 11) is 0. The Balaban J connectivity index is 0.00000225. The normalized spacial score (nSPS) is 13.6. The summed E-state index contributed by atoms with van der Waals surface area (Å²) in [5, 5.41) is 0. The average molecular weight is 466 g/mol. The first-order valence-electron chi connectivity index (χ1n) is 8.30. The molecule has 0 saturated carbocycles. The van der Waals surface area contributed by atoms with E-state index in [-0.39, 0.29) is 22.8 Å². The van der Waals surface area contributed by atoms with Gasteiger partial charge in [0.05, 0.1) is 6.54 Å². The van der Waals surface area contributed by atoms with Crippen molar-refractivity contribution in [2.75, 3.05) is 18.0 Å². The zero-order valence-corrected chi connectivity index (χ0v) is 17.5. The minimum atomic E-state index is 0. The molecule has 0 fully saturated rings. The number of aryl methyl sites for hydroxylation is 1. The molecule has 132 valence electrons. The van der Waals surface area contributed by atoms with E-state index in [0.717, 1.165) is 47.4 Å². The fourth-order valence-electron chi connectivity index (χ4n) is 2.83. The highest BCUT2D eigenvalue weighted by Crippen LogP contribution is 2.21. The summed E-state index contributed by atoms with van der Waals surface area (Å²) < 4.78 is 0.978. The number of aliphatic imine (C=N–C) groups is 1. The highest BCUT2D eigenvalue weighted by molar-refractivity contribution is 9.10. The third kappa shape index (κ3) is 5.25. The van der Waals surface area contributed by atoms with Crippen molar-refractivity contribution in [3.05, 3.63) is 64.1 Å². The molecule has 0 N–H and O–H groups in total. The summed E-state index contributed by atoms with van der Waals surface area (Å²) in [6.45, 7) is 3.24. The van der Waals surface area contributed by atoms with Crippen LogP contribution in [-0.2, 0) is 0 Å². The number of carbonyl (C=O) groups is 1. The summed E-state index contributed by atoms with van der Waals surface area (Å²) in [6, 6.07) is 15.8. The van der Waals surface area contributed by atoms with Gasteiger partial charge in [-0.3, -0.25) is 9.79 Å².